The summed E-state index contributed by atoms with van der Waals surface area (Å²) in [5, 5.41) is 3.50. The summed E-state index contributed by atoms with van der Waals surface area (Å²) >= 11 is 6.93. The van der Waals surface area contributed by atoms with Crippen molar-refractivity contribution in [3.63, 3.8) is 0 Å². The van der Waals surface area contributed by atoms with Crippen molar-refractivity contribution in [2.45, 2.75) is 6.54 Å². The van der Waals surface area contributed by atoms with E-state index in [1.54, 1.807) is 36.7 Å². The molecule has 0 fully saturated rings. The number of halogens is 1. The van der Waals surface area contributed by atoms with Crippen LogP contribution < -0.4 is 11.1 Å². The predicted molar refractivity (Wildman–Crippen MR) is 92.4 cm³/mol. The van der Waals surface area contributed by atoms with E-state index in [1.165, 1.54) is 0 Å². The molecule has 0 spiro atoms. The third-order valence-electron chi connectivity index (χ3n) is 3.25. The van der Waals surface area contributed by atoms with Gasteiger partial charge in [-0.2, -0.15) is 4.37 Å². The van der Waals surface area contributed by atoms with Crippen LogP contribution in [0.15, 0.2) is 48.8 Å². The van der Waals surface area contributed by atoms with Gasteiger partial charge in [-0.25, -0.2) is 0 Å². The summed E-state index contributed by atoms with van der Waals surface area (Å²) in [5.41, 5.74) is 8.86. The molecule has 0 saturated carbocycles. The first-order valence-corrected chi connectivity index (χ1v) is 7.98. The number of nitrogens with two attached hydrogens (primary N) is 1. The molecular formula is C16H13ClN4OS. The Morgan fingerprint density at radius 1 is 1.17 bits per heavy atom. The van der Waals surface area contributed by atoms with Crippen LogP contribution in [0.4, 0.5) is 5.69 Å². The first kappa shape index (κ1) is 15.5. The van der Waals surface area contributed by atoms with Gasteiger partial charge in [0.05, 0.1) is 5.69 Å². The molecule has 7 heteroatoms. The standard InChI is InChI=1S/C16H13ClN4OS/c17-12-3-1-10(2-4-12)9-20-16(22)15-13(18)14(21-23-15)11-5-7-19-8-6-11/h1-8H,9,18H2,(H,20,22). The van der Waals surface area contributed by atoms with Gasteiger partial charge >= 0.3 is 0 Å². The molecule has 0 aliphatic rings. The molecule has 0 saturated heterocycles. The maximum Gasteiger partial charge on any atom is 0.265 e. The molecule has 3 aromatic rings. The zero-order valence-electron chi connectivity index (χ0n) is 12.0. The highest BCUT2D eigenvalue weighted by Crippen LogP contribution is 2.30. The average molecular weight is 345 g/mol. The quantitative estimate of drug-likeness (QED) is 0.760. The van der Waals surface area contributed by atoms with Crippen LogP contribution in [0, 0.1) is 0 Å². The van der Waals surface area contributed by atoms with Gasteiger partial charge in [-0.15, -0.1) is 0 Å². The minimum Gasteiger partial charge on any atom is -0.396 e. The second kappa shape index (κ2) is 6.76. The summed E-state index contributed by atoms with van der Waals surface area (Å²) in [7, 11) is 0. The topological polar surface area (TPSA) is 80.9 Å². The van der Waals surface area contributed by atoms with Crippen molar-refractivity contribution < 1.29 is 4.79 Å². The molecule has 0 radical (unpaired) electrons. The van der Waals surface area contributed by atoms with E-state index in [-0.39, 0.29) is 5.91 Å². The SMILES string of the molecule is Nc1c(-c2ccncc2)nsc1C(=O)NCc1ccc(Cl)cc1. The Labute approximate surface area is 142 Å². The van der Waals surface area contributed by atoms with E-state index in [4.69, 9.17) is 17.3 Å². The Hall–Kier alpha value is -2.44. The minimum absolute atomic E-state index is 0.241. The zero-order valence-corrected chi connectivity index (χ0v) is 13.6. The van der Waals surface area contributed by atoms with Gasteiger partial charge < -0.3 is 11.1 Å². The van der Waals surface area contributed by atoms with Gasteiger partial charge in [-0.1, -0.05) is 23.7 Å². The first-order chi connectivity index (χ1) is 11.1. The van der Waals surface area contributed by atoms with Crippen LogP contribution in [-0.4, -0.2) is 15.3 Å². The van der Waals surface area contributed by atoms with Crippen LogP contribution in [0.3, 0.4) is 0 Å². The lowest BCUT2D eigenvalue weighted by Crippen LogP contribution is -2.22. The lowest BCUT2D eigenvalue weighted by Gasteiger charge is -2.05. The van der Waals surface area contributed by atoms with Crippen LogP contribution in [0.5, 0.6) is 0 Å². The first-order valence-electron chi connectivity index (χ1n) is 6.83. The number of rotatable bonds is 4. The monoisotopic (exact) mass is 344 g/mol. The van der Waals surface area contributed by atoms with Gasteiger partial charge in [0.15, 0.2) is 0 Å². The molecular weight excluding hydrogens is 332 g/mol. The minimum atomic E-state index is -0.241. The van der Waals surface area contributed by atoms with Crippen molar-refractivity contribution >= 4 is 34.7 Å². The second-order valence-electron chi connectivity index (χ2n) is 4.82. The number of pyridine rings is 1. The van der Waals surface area contributed by atoms with E-state index in [2.05, 4.69) is 14.7 Å². The molecule has 0 unspecified atom stereocenters. The highest BCUT2D eigenvalue weighted by molar-refractivity contribution is 7.09. The van der Waals surface area contributed by atoms with Gasteiger partial charge in [0.25, 0.3) is 5.91 Å². The number of hydrogen-bond acceptors (Lipinski definition) is 5. The molecule has 0 aliphatic carbocycles. The van der Waals surface area contributed by atoms with E-state index in [0.29, 0.717) is 27.8 Å². The molecule has 0 bridgehead atoms. The Morgan fingerprint density at radius 3 is 2.57 bits per heavy atom. The third kappa shape index (κ3) is 3.49. The van der Waals surface area contributed by atoms with E-state index in [1.807, 2.05) is 12.1 Å². The largest absolute Gasteiger partial charge is 0.396 e. The number of nitrogens with zero attached hydrogens (tertiary/aromatic N) is 2. The number of carbonyl (C=O) groups excluding carboxylic acids is 1. The van der Waals surface area contributed by atoms with Crippen LogP contribution in [0.2, 0.25) is 5.02 Å². The summed E-state index contributed by atoms with van der Waals surface area (Å²) in [5.74, 6) is -0.241. The number of benzene rings is 1. The molecule has 5 nitrogen and oxygen atoms in total. The smallest absolute Gasteiger partial charge is 0.265 e. The summed E-state index contributed by atoms with van der Waals surface area (Å²) < 4.78 is 4.28. The van der Waals surface area contributed by atoms with Crippen LogP contribution in [0.1, 0.15) is 15.2 Å². The van der Waals surface area contributed by atoms with Crippen molar-refractivity contribution in [3.8, 4) is 11.3 Å². The number of carbonyl (C=O) groups is 1. The molecule has 1 aromatic carbocycles. The van der Waals surface area contributed by atoms with Gasteiger partial charge in [0.1, 0.15) is 10.6 Å². The highest BCUT2D eigenvalue weighted by Gasteiger charge is 2.18. The number of amides is 1. The average Bonchev–Trinajstić information content (AvgIpc) is 2.96. The van der Waals surface area contributed by atoms with E-state index in [0.717, 1.165) is 22.7 Å². The molecule has 23 heavy (non-hydrogen) atoms. The fourth-order valence-corrected chi connectivity index (χ4v) is 2.91. The summed E-state index contributed by atoms with van der Waals surface area (Å²) in [4.78, 5) is 16.7. The lowest BCUT2D eigenvalue weighted by atomic mass is 10.1. The molecule has 1 amide bonds. The Morgan fingerprint density at radius 2 is 1.87 bits per heavy atom. The third-order valence-corrected chi connectivity index (χ3v) is 4.37. The van der Waals surface area contributed by atoms with E-state index in [9.17, 15) is 4.79 Å². The molecule has 116 valence electrons. The Bertz CT molecular complexity index is 818. The normalized spacial score (nSPS) is 10.5. The highest BCUT2D eigenvalue weighted by atomic mass is 35.5. The van der Waals surface area contributed by atoms with Crippen LogP contribution >= 0.6 is 23.1 Å². The number of anilines is 1. The van der Waals surface area contributed by atoms with Crippen molar-refractivity contribution in [2.75, 3.05) is 5.73 Å². The maximum absolute atomic E-state index is 12.3. The van der Waals surface area contributed by atoms with Gasteiger partial charge in [0.2, 0.25) is 0 Å². The molecule has 2 aromatic heterocycles. The number of hydrogen-bond donors (Lipinski definition) is 2. The second-order valence-corrected chi connectivity index (χ2v) is 6.03. The van der Waals surface area contributed by atoms with Gasteiger partial charge in [-0.3, -0.25) is 9.78 Å². The zero-order chi connectivity index (χ0) is 16.2. The van der Waals surface area contributed by atoms with Gasteiger partial charge in [0, 0.05) is 29.5 Å². The maximum atomic E-state index is 12.3. The Balaban J connectivity index is 1.73. The van der Waals surface area contributed by atoms with Crippen LogP contribution in [-0.2, 0) is 6.54 Å². The fraction of sp³-hybridized carbons (Fsp3) is 0.0625. The number of nitrogen functional groups attached to an aromatic ring is 1. The summed E-state index contributed by atoms with van der Waals surface area (Å²) in [6, 6.07) is 10.9. The molecule has 2 heterocycles. The van der Waals surface area contributed by atoms with E-state index >= 15 is 0 Å². The fourth-order valence-electron chi connectivity index (χ4n) is 2.04. The predicted octanol–water partition coefficient (Wildman–Crippen LogP) is 3.37. The van der Waals surface area contributed by atoms with Crippen LogP contribution in [0.25, 0.3) is 11.3 Å². The molecule has 0 atom stereocenters. The van der Waals surface area contributed by atoms with Crippen molar-refractivity contribution in [3.05, 3.63) is 64.3 Å². The van der Waals surface area contributed by atoms with Crippen molar-refractivity contribution in [1.29, 1.82) is 0 Å². The van der Waals surface area contributed by atoms with E-state index < -0.39 is 0 Å². The number of nitrogens with one attached hydrogen (secondary N) is 1. The molecule has 3 N–H and O–H groups in total. The van der Waals surface area contributed by atoms with Crippen molar-refractivity contribution in [1.82, 2.24) is 14.7 Å². The summed E-state index contributed by atoms with van der Waals surface area (Å²) in [6.45, 7) is 0.401. The van der Waals surface area contributed by atoms with Crippen molar-refractivity contribution in [2.24, 2.45) is 0 Å². The van der Waals surface area contributed by atoms with Gasteiger partial charge in [-0.05, 0) is 41.4 Å². The number of aromatic nitrogens is 2. The molecule has 0 aliphatic heterocycles. The lowest BCUT2D eigenvalue weighted by molar-refractivity contribution is 0.0956. The summed E-state index contributed by atoms with van der Waals surface area (Å²) in [6.07, 6.45) is 3.32. The molecule has 3 rings (SSSR count). The Kier molecular flexibility index (Phi) is 4.55.